The maximum Gasteiger partial charge on any atom is 0.224 e. The van der Waals surface area contributed by atoms with E-state index in [9.17, 15) is 4.79 Å². The second-order valence-electron chi connectivity index (χ2n) is 5.09. The van der Waals surface area contributed by atoms with E-state index in [1.807, 2.05) is 24.0 Å². The van der Waals surface area contributed by atoms with Gasteiger partial charge in [0.1, 0.15) is 0 Å². The highest BCUT2D eigenvalue weighted by Crippen LogP contribution is 2.23. The van der Waals surface area contributed by atoms with E-state index in [-0.39, 0.29) is 11.9 Å². The predicted molar refractivity (Wildman–Crippen MR) is 84.8 cm³/mol. The molecule has 21 heavy (non-hydrogen) atoms. The molecule has 0 aliphatic carbocycles. The van der Waals surface area contributed by atoms with Gasteiger partial charge in [0, 0.05) is 32.1 Å². The van der Waals surface area contributed by atoms with Gasteiger partial charge >= 0.3 is 0 Å². The summed E-state index contributed by atoms with van der Waals surface area (Å²) in [5, 5.41) is 4.34. The molecular formula is C15H20Cl2N2O2. The third kappa shape index (κ3) is 4.85. The van der Waals surface area contributed by atoms with Gasteiger partial charge in [-0.05, 0) is 24.6 Å². The van der Waals surface area contributed by atoms with E-state index in [0.29, 0.717) is 42.8 Å². The molecular weight excluding hydrogens is 311 g/mol. The molecule has 1 N–H and O–H groups in total. The number of hydrogen-bond donors (Lipinski definition) is 1. The van der Waals surface area contributed by atoms with E-state index < -0.39 is 0 Å². The topological polar surface area (TPSA) is 41.6 Å². The van der Waals surface area contributed by atoms with Gasteiger partial charge in [0.25, 0.3) is 0 Å². The van der Waals surface area contributed by atoms with Crippen molar-refractivity contribution in [3.63, 3.8) is 0 Å². The number of nitrogens with one attached hydrogen (secondary N) is 1. The van der Waals surface area contributed by atoms with Gasteiger partial charge in [-0.15, -0.1) is 0 Å². The van der Waals surface area contributed by atoms with Crippen molar-refractivity contribution in [1.29, 1.82) is 0 Å². The van der Waals surface area contributed by atoms with Gasteiger partial charge in [0.15, 0.2) is 0 Å². The molecule has 0 spiro atoms. The molecule has 1 atom stereocenters. The van der Waals surface area contributed by atoms with Crippen LogP contribution in [0.4, 0.5) is 0 Å². The minimum atomic E-state index is 0.106. The fraction of sp³-hybridized carbons (Fsp3) is 0.533. The lowest BCUT2D eigenvalue weighted by molar-refractivity contribution is -0.132. The Kier molecular flexibility index (Phi) is 6.30. The van der Waals surface area contributed by atoms with Crippen LogP contribution in [0.5, 0.6) is 0 Å². The molecule has 1 amide bonds. The highest BCUT2D eigenvalue weighted by molar-refractivity contribution is 6.42. The highest BCUT2D eigenvalue weighted by Gasteiger charge is 2.20. The number of amides is 1. The monoisotopic (exact) mass is 330 g/mol. The number of carbonyl (C=O) groups excluding carboxylic acids is 1. The van der Waals surface area contributed by atoms with Gasteiger partial charge < -0.3 is 15.0 Å². The molecule has 1 aliphatic rings. The van der Waals surface area contributed by atoms with Crippen molar-refractivity contribution in [2.45, 2.75) is 25.9 Å². The Hall–Kier alpha value is -0.810. The van der Waals surface area contributed by atoms with Crippen LogP contribution >= 0.6 is 23.2 Å². The van der Waals surface area contributed by atoms with E-state index in [4.69, 9.17) is 27.9 Å². The van der Waals surface area contributed by atoms with Gasteiger partial charge in [0.2, 0.25) is 5.91 Å². The summed E-state index contributed by atoms with van der Waals surface area (Å²) < 4.78 is 5.38. The predicted octanol–water partition coefficient (Wildman–Crippen LogP) is 2.72. The molecule has 4 nitrogen and oxygen atoms in total. The van der Waals surface area contributed by atoms with Gasteiger partial charge in [0.05, 0.1) is 23.3 Å². The van der Waals surface area contributed by atoms with E-state index in [1.54, 1.807) is 6.07 Å². The zero-order valence-electron chi connectivity index (χ0n) is 12.1. The number of nitrogens with zero attached hydrogens (tertiary/aromatic N) is 1. The maximum absolute atomic E-state index is 12.4. The van der Waals surface area contributed by atoms with Crippen molar-refractivity contribution in [2.24, 2.45) is 0 Å². The number of morpholine rings is 1. The summed E-state index contributed by atoms with van der Waals surface area (Å²) in [6.07, 6.45) is 0.454. The zero-order chi connectivity index (χ0) is 15.2. The first kappa shape index (κ1) is 16.6. The third-order valence-electron chi connectivity index (χ3n) is 3.51. The van der Waals surface area contributed by atoms with Crippen LogP contribution in [0.15, 0.2) is 18.2 Å². The fourth-order valence-corrected chi connectivity index (χ4v) is 2.65. The Balaban J connectivity index is 1.94. The SMILES string of the molecule is CCN(Cc1ccc(Cl)c(Cl)c1)C(=O)CC1COCCN1. The average molecular weight is 331 g/mol. The number of rotatable bonds is 5. The number of ether oxygens (including phenoxy) is 1. The van der Waals surface area contributed by atoms with Crippen molar-refractivity contribution in [1.82, 2.24) is 10.2 Å². The second-order valence-corrected chi connectivity index (χ2v) is 5.90. The van der Waals surface area contributed by atoms with E-state index >= 15 is 0 Å². The molecule has 1 heterocycles. The Morgan fingerprint density at radius 2 is 2.24 bits per heavy atom. The first-order chi connectivity index (χ1) is 10.1. The first-order valence-corrected chi connectivity index (χ1v) is 7.88. The summed E-state index contributed by atoms with van der Waals surface area (Å²) in [5.41, 5.74) is 0.979. The highest BCUT2D eigenvalue weighted by atomic mass is 35.5. The summed E-state index contributed by atoms with van der Waals surface area (Å²) in [4.78, 5) is 14.2. The number of benzene rings is 1. The normalized spacial score (nSPS) is 18.5. The molecule has 1 fully saturated rings. The van der Waals surface area contributed by atoms with E-state index in [2.05, 4.69) is 5.32 Å². The molecule has 1 unspecified atom stereocenters. The molecule has 116 valence electrons. The standard InChI is InChI=1S/C15H20Cl2N2O2/c1-2-19(9-11-3-4-13(16)14(17)7-11)15(20)8-12-10-21-6-5-18-12/h3-4,7,12,18H,2,5-6,8-10H2,1H3. The number of carbonyl (C=O) groups is 1. The van der Waals surface area contributed by atoms with Gasteiger partial charge in [-0.25, -0.2) is 0 Å². The molecule has 1 saturated heterocycles. The van der Waals surface area contributed by atoms with Crippen molar-refractivity contribution in [3.8, 4) is 0 Å². The molecule has 2 rings (SSSR count). The lowest BCUT2D eigenvalue weighted by atomic mass is 10.1. The zero-order valence-corrected chi connectivity index (χ0v) is 13.6. The lowest BCUT2D eigenvalue weighted by Gasteiger charge is -2.27. The largest absolute Gasteiger partial charge is 0.378 e. The summed E-state index contributed by atoms with van der Waals surface area (Å²) in [7, 11) is 0. The van der Waals surface area contributed by atoms with Gasteiger partial charge in [-0.1, -0.05) is 29.3 Å². The molecule has 1 aromatic carbocycles. The van der Waals surface area contributed by atoms with Crippen LogP contribution in [0.2, 0.25) is 10.0 Å². The minimum absolute atomic E-state index is 0.106. The van der Waals surface area contributed by atoms with Gasteiger partial charge in [-0.3, -0.25) is 4.79 Å². The van der Waals surface area contributed by atoms with Crippen LogP contribution in [-0.4, -0.2) is 43.2 Å². The summed E-state index contributed by atoms with van der Waals surface area (Å²) in [6, 6.07) is 5.57. The van der Waals surface area contributed by atoms with Crippen LogP contribution in [-0.2, 0) is 16.1 Å². The Bertz CT molecular complexity index is 491. The molecule has 0 radical (unpaired) electrons. The first-order valence-electron chi connectivity index (χ1n) is 7.13. The van der Waals surface area contributed by atoms with Crippen LogP contribution in [0, 0.1) is 0 Å². The number of halogens is 2. The van der Waals surface area contributed by atoms with Crippen LogP contribution < -0.4 is 5.32 Å². The molecule has 0 aromatic heterocycles. The quantitative estimate of drug-likeness (QED) is 0.902. The van der Waals surface area contributed by atoms with Crippen LogP contribution in [0.1, 0.15) is 18.9 Å². The van der Waals surface area contributed by atoms with E-state index in [0.717, 1.165) is 12.1 Å². The Labute approximate surface area is 135 Å². The Morgan fingerprint density at radius 1 is 1.43 bits per heavy atom. The van der Waals surface area contributed by atoms with Crippen LogP contribution in [0.3, 0.4) is 0 Å². The molecule has 0 saturated carbocycles. The Morgan fingerprint density at radius 3 is 2.86 bits per heavy atom. The van der Waals surface area contributed by atoms with Crippen molar-refractivity contribution in [3.05, 3.63) is 33.8 Å². The summed E-state index contributed by atoms with van der Waals surface area (Å²) in [6.45, 7) is 5.28. The summed E-state index contributed by atoms with van der Waals surface area (Å²) >= 11 is 11.9. The van der Waals surface area contributed by atoms with Crippen molar-refractivity contribution >= 4 is 29.1 Å². The average Bonchev–Trinajstić information content (AvgIpc) is 2.49. The van der Waals surface area contributed by atoms with Crippen LogP contribution in [0.25, 0.3) is 0 Å². The smallest absolute Gasteiger partial charge is 0.224 e. The summed E-state index contributed by atoms with van der Waals surface area (Å²) in [5.74, 6) is 0.117. The van der Waals surface area contributed by atoms with Gasteiger partial charge in [-0.2, -0.15) is 0 Å². The third-order valence-corrected chi connectivity index (χ3v) is 4.25. The van der Waals surface area contributed by atoms with E-state index in [1.165, 1.54) is 0 Å². The molecule has 6 heteroatoms. The minimum Gasteiger partial charge on any atom is -0.378 e. The second kappa shape index (κ2) is 7.99. The van der Waals surface area contributed by atoms with Crippen molar-refractivity contribution < 1.29 is 9.53 Å². The lowest BCUT2D eigenvalue weighted by Crippen LogP contribution is -2.45. The van der Waals surface area contributed by atoms with Crippen molar-refractivity contribution in [2.75, 3.05) is 26.3 Å². The maximum atomic E-state index is 12.4. The fourth-order valence-electron chi connectivity index (χ4n) is 2.33. The number of hydrogen-bond acceptors (Lipinski definition) is 3. The molecule has 1 aromatic rings. The molecule has 1 aliphatic heterocycles. The molecule has 0 bridgehead atoms.